The second kappa shape index (κ2) is 6.63. The highest BCUT2D eigenvalue weighted by atomic mass is 35.5. The number of nitrogens with zero attached hydrogens (tertiary/aromatic N) is 2. The van der Waals surface area contributed by atoms with Crippen LogP contribution in [0.1, 0.15) is 31.4 Å². The smallest absolute Gasteiger partial charge is 0.220 e. The third-order valence-corrected chi connectivity index (χ3v) is 6.99. The van der Waals surface area contributed by atoms with E-state index in [-0.39, 0.29) is 24.2 Å². The van der Waals surface area contributed by atoms with E-state index < -0.39 is 10.0 Å². The van der Waals surface area contributed by atoms with Crippen LogP contribution in [0.5, 0.6) is 0 Å². The molecular formula is C16H22ClN3O3S. The summed E-state index contributed by atoms with van der Waals surface area (Å²) >= 11 is 0. The lowest BCUT2D eigenvalue weighted by Gasteiger charge is -2.34. The van der Waals surface area contributed by atoms with Gasteiger partial charge in [0, 0.05) is 30.6 Å². The van der Waals surface area contributed by atoms with Gasteiger partial charge in [0.1, 0.15) is 11.4 Å². The van der Waals surface area contributed by atoms with Crippen molar-refractivity contribution in [3.05, 3.63) is 30.0 Å². The monoisotopic (exact) mass is 371 g/mol. The molecule has 2 atom stereocenters. The van der Waals surface area contributed by atoms with Crippen molar-refractivity contribution < 1.29 is 12.9 Å². The number of piperidine rings is 1. The fourth-order valence-corrected chi connectivity index (χ4v) is 5.25. The van der Waals surface area contributed by atoms with Gasteiger partial charge in [0.25, 0.3) is 0 Å². The average molecular weight is 372 g/mol. The minimum absolute atomic E-state index is 0. The predicted octanol–water partition coefficient (Wildman–Crippen LogP) is 2.29. The average Bonchev–Trinajstić information content (AvgIpc) is 3.09. The molecule has 2 fully saturated rings. The Morgan fingerprint density at radius 3 is 2.62 bits per heavy atom. The van der Waals surface area contributed by atoms with E-state index in [1.54, 1.807) is 17.4 Å². The van der Waals surface area contributed by atoms with E-state index in [9.17, 15) is 8.42 Å². The third kappa shape index (κ3) is 3.18. The molecule has 2 unspecified atom stereocenters. The molecule has 1 aromatic carbocycles. The molecule has 2 saturated heterocycles. The summed E-state index contributed by atoms with van der Waals surface area (Å²) in [6, 6.07) is 8.37. The van der Waals surface area contributed by atoms with Gasteiger partial charge in [0.05, 0.1) is 0 Å². The van der Waals surface area contributed by atoms with Crippen LogP contribution < -0.4 is 5.32 Å². The zero-order chi connectivity index (χ0) is 16.0. The maximum atomic E-state index is 12.8. The van der Waals surface area contributed by atoms with E-state index in [0.717, 1.165) is 31.1 Å². The summed E-state index contributed by atoms with van der Waals surface area (Å²) in [5.41, 5.74) is 1.12. The lowest BCUT2D eigenvalue weighted by molar-refractivity contribution is 0.251. The van der Waals surface area contributed by atoms with E-state index in [4.69, 9.17) is 4.52 Å². The molecular weight excluding hydrogens is 350 g/mol. The van der Waals surface area contributed by atoms with Crippen molar-refractivity contribution in [3.8, 4) is 0 Å². The van der Waals surface area contributed by atoms with Crippen LogP contribution in [0.15, 0.2) is 28.8 Å². The highest BCUT2D eigenvalue weighted by molar-refractivity contribution is 7.88. The fourth-order valence-electron chi connectivity index (χ4n) is 3.87. The Bertz CT molecular complexity index is 811. The predicted molar refractivity (Wildman–Crippen MR) is 94.6 cm³/mol. The van der Waals surface area contributed by atoms with E-state index in [1.165, 1.54) is 0 Å². The number of sulfonamides is 1. The largest absolute Gasteiger partial charge is 0.356 e. The lowest BCUT2D eigenvalue weighted by Crippen LogP contribution is -2.48. The Morgan fingerprint density at radius 1 is 1.25 bits per heavy atom. The minimum atomic E-state index is -3.41. The number of para-hydroxylation sites is 1. The van der Waals surface area contributed by atoms with Gasteiger partial charge in [-0.25, -0.2) is 12.7 Å². The van der Waals surface area contributed by atoms with Gasteiger partial charge in [-0.05, 0) is 37.8 Å². The second-order valence-corrected chi connectivity index (χ2v) is 8.69. The first kappa shape index (κ1) is 17.7. The number of hydrogen-bond acceptors (Lipinski definition) is 5. The van der Waals surface area contributed by atoms with Crippen LogP contribution in [0.2, 0.25) is 0 Å². The molecule has 24 heavy (non-hydrogen) atoms. The Labute approximate surface area is 148 Å². The topological polar surface area (TPSA) is 75.4 Å². The van der Waals surface area contributed by atoms with Gasteiger partial charge < -0.3 is 9.84 Å². The van der Waals surface area contributed by atoms with Crippen molar-refractivity contribution in [3.63, 3.8) is 0 Å². The number of benzene rings is 1. The Morgan fingerprint density at radius 2 is 1.92 bits per heavy atom. The van der Waals surface area contributed by atoms with Crippen molar-refractivity contribution in [2.24, 2.45) is 0 Å². The van der Waals surface area contributed by atoms with Crippen LogP contribution in [-0.4, -0.2) is 43.1 Å². The first-order valence-electron chi connectivity index (χ1n) is 8.08. The van der Waals surface area contributed by atoms with Gasteiger partial charge in [-0.3, -0.25) is 0 Å². The SMILES string of the molecule is CN(C1CC2CCC(C1)N2)S(=O)(=O)Cc1noc2ccccc12.Cl. The summed E-state index contributed by atoms with van der Waals surface area (Å²) in [5.74, 6) is -0.111. The summed E-state index contributed by atoms with van der Waals surface area (Å²) in [6.07, 6.45) is 4.10. The van der Waals surface area contributed by atoms with Crippen LogP contribution in [0.3, 0.4) is 0 Å². The van der Waals surface area contributed by atoms with Gasteiger partial charge in [0.2, 0.25) is 10.0 Å². The molecule has 2 aliphatic heterocycles. The lowest BCUT2D eigenvalue weighted by atomic mass is 10.0. The fraction of sp³-hybridized carbons (Fsp3) is 0.562. The molecule has 1 N–H and O–H groups in total. The molecule has 2 bridgehead atoms. The summed E-state index contributed by atoms with van der Waals surface area (Å²) in [7, 11) is -1.71. The number of halogens is 1. The summed E-state index contributed by atoms with van der Waals surface area (Å²) < 4.78 is 32.4. The number of rotatable bonds is 4. The van der Waals surface area contributed by atoms with Gasteiger partial charge >= 0.3 is 0 Å². The van der Waals surface area contributed by atoms with Crippen molar-refractivity contribution in [1.82, 2.24) is 14.8 Å². The summed E-state index contributed by atoms with van der Waals surface area (Å²) in [6.45, 7) is 0. The summed E-state index contributed by atoms with van der Waals surface area (Å²) in [4.78, 5) is 0. The van der Waals surface area contributed by atoms with Crippen LogP contribution in [0.4, 0.5) is 0 Å². The highest BCUT2D eigenvalue weighted by Crippen LogP contribution is 2.31. The molecule has 132 valence electrons. The molecule has 0 radical (unpaired) electrons. The zero-order valence-electron chi connectivity index (χ0n) is 13.5. The number of fused-ring (bicyclic) bond motifs is 3. The van der Waals surface area contributed by atoms with Crippen LogP contribution in [0.25, 0.3) is 11.0 Å². The highest BCUT2D eigenvalue weighted by Gasteiger charge is 2.38. The van der Waals surface area contributed by atoms with Crippen LogP contribution in [0, 0.1) is 0 Å². The molecule has 2 aromatic rings. The van der Waals surface area contributed by atoms with Gasteiger partial charge in [-0.2, -0.15) is 0 Å². The van der Waals surface area contributed by atoms with Crippen LogP contribution >= 0.6 is 12.4 Å². The van der Waals surface area contributed by atoms with E-state index in [0.29, 0.717) is 23.4 Å². The molecule has 0 saturated carbocycles. The van der Waals surface area contributed by atoms with Crippen LogP contribution in [-0.2, 0) is 15.8 Å². The Kier molecular flexibility index (Phi) is 4.88. The number of aromatic nitrogens is 1. The molecule has 0 spiro atoms. The zero-order valence-corrected chi connectivity index (χ0v) is 15.1. The molecule has 2 aliphatic rings. The first-order chi connectivity index (χ1) is 11.0. The number of nitrogens with one attached hydrogen (secondary N) is 1. The van der Waals surface area contributed by atoms with E-state index in [1.807, 2.05) is 18.2 Å². The third-order valence-electron chi connectivity index (χ3n) is 5.17. The van der Waals surface area contributed by atoms with Gasteiger partial charge in [-0.1, -0.05) is 17.3 Å². The first-order valence-corrected chi connectivity index (χ1v) is 9.69. The minimum Gasteiger partial charge on any atom is -0.356 e. The molecule has 4 rings (SSSR count). The number of hydrogen-bond donors (Lipinski definition) is 1. The molecule has 1 aromatic heterocycles. The normalized spacial score (nSPS) is 26.7. The second-order valence-electron chi connectivity index (χ2n) is 6.66. The van der Waals surface area contributed by atoms with E-state index >= 15 is 0 Å². The molecule has 6 nitrogen and oxygen atoms in total. The van der Waals surface area contributed by atoms with Gasteiger partial charge in [0.15, 0.2) is 5.58 Å². The Hall–Kier alpha value is -1.15. The van der Waals surface area contributed by atoms with Gasteiger partial charge in [-0.15, -0.1) is 12.4 Å². The van der Waals surface area contributed by atoms with Crippen molar-refractivity contribution in [2.45, 2.75) is 49.6 Å². The maximum absolute atomic E-state index is 12.8. The molecule has 0 amide bonds. The van der Waals surface area contributed by atoms with Crippen molar-refractivity contribution in [2.75, 3.05) is 7.05 Å². The standard InChI is InChI=1S/C16H21N3O3S.ClH/c1-19(13-8-11-6-7-12(9-13)17-11)23(20,21)10-15-14-4-2-3-5-16(14)22-18-15;/h2-5,11-13,17H,6-10H2,1H3;1H. The Balaban J connectivity index is 0.00000169. The van der Waals surface area contributed by atoms with Crippen molar-refractivity contribution in [1.29, 1.82) is 0 Å². The molecule has 3 heterocycles. The summed E-state index contributed by atoms with van der Waals surface area (Å²) in [5, 5.41) is 8.28. The molecule has 8 heteroatoms. The van der Waals surface area contributed by atoms with Crippen molar-refractivity contribution >= 4 is 33.4 Å². The molecule has 0 aliphatic carbocycles. The maximum Gasteiger partial charge on any atom is 0.220 e. The van der Waals surface area contributed by atoms with E-state index in [2.05, 4.69) is 10.5 Å². The quantitative estimate of drug-likeness (QED) is 0.892.